The van der Waals surface area contributed by atoms with Gasteiger partial charge in [0.05, 0.1) is 5.56 Å². The van der Waals surface area contributed by atoms with E-state index in [9.17, 15) is 4.79 Å². The maximum absolute atomic E-state index is 12.4. The van der Waals surface area contributed by atoms with Gasteiger partial charge < -0.3 is 15.0 Å². The first-order chi connectivity index (χ1) is 9.90. The van der Waals surface area contributed by atoms with Gasteiger partial charge in [-0.05, 0) is 58.0 Å². The molecular weight excluding hydrogens is 264 g/mol. The molecule has 4 nitrogen and oxygen atoms in total. The summed E-state index contributed by atoms with van der Waals surface area (Å²) >= 11 is 0. The molecule has 4 heteroatoms. The molecule has 0 unspecified atom stereocenters. The zero-order chi connectivity index (χ0) is 15.5. The van der Waals surface area contributed by atoms with E-state index in [1.807, 2.05) is 57.1 Å². The fraction of sp³-hybridized carbons (Fsp3) is 0.588. The fourth-order valence-corrected chi connectivity index (χ4v) is 2.81. The summed E-state index contributed by atoms with van der Waals surface area (Å²) in [6, 6.07) is 7.56. The van der Waals surface area contributed by atoms with Crippen molar-refractivity contribution in [2.45, 2.75) is 32.3 Å². The Bertz CT molecular complexity index is 491. The van der Waals surface area contributed by atoms with Crippen LogP contribution < -0.4 is 10.2 Å². The minimum atomic E-state index is -0.423. The number of anilines is 1. The lowest BCUT2D eigenvalue weighted by Gasteiger charge is -2.36. The van der Waals surface area contributed by atoms with Crippen molar-refractivity contribution in [2.24, 2.45) is 5.92 Å². The van der Waals surface area contributed by atoms with Crippen molar-refractivity contribution >= 4 is 11.7 Å². The zero-order valence-electron chi connectivity index (χ0n) is 13.5. The highest BCUT2D eigenvalue weighted by Gasteiger charge is 2.34. The van der Waals surface area contributed by atoms with E-state index in [0.717, 1.165) is 31.6 Å². The number of nitrogens with one attached hydrogen (secondary N) is 1. The van der Waals surface area contributed by atoms with Crippen molar-refractivity contribution in [3.63, 3.8) is 0 Å². The van der Waals surface area contributed by atoms with Gasteiger partial charge in [-0.1, -0.05) is 6.07 Å². The van der Waals surface area contributed by atoms with Crippen LogP contribution in [0.2, 0.25) is 0 Å². The summed E-state index contributed by atoms with van der Waals surface area (Å²) in [5.41, 5.74) is 1.19. The molecule has 1 aromatic rings. The summed E-state index contributed by atoms with van der Waals surface area (Å²) in [5.74, 6) is 0.182. The standard InChI is InChI=1S/C17H26N2O2/c1-17(2,14-8-10-18-11-9-14)21-16(20)13-6-5-7-15(12-13)19(3)4/h5-7,12,14,18H,8-11H2,1-4H3. The van der Waals surface area contributed by atoms with Crippen LogP contribution in [0.4, 0.5) is 5.69 Å². The van der Waals surface area contributed by atoms with Gasteiger partial charge in [0.15, 0.2) is 0 Å². The average Bonchev–Trinajstić information content (AvgIpc) is 2.48. The minimum Gasteiger partial charge on any atom is -0.456 e. The molecule has 1 aliphatic heterocycles. The first-order valence-electron chi connectivity index (χ1n) is 7.61. The summed E-state index contributed by atoms with van der Waals surface area (Å²) in [7, 11) is 3.92. The second kappa shape index (κ2) is 6.48. The van der Waals surface area contributed by atoms with Crippen molar-refractivity contribution in [2.75, 3.05) is 32.1 Å². The molecule has 116 valence electrons. The van der Waals surface area contributed by atoms with Gasteiger partial charge in [-0.3, -0.25) is 0 Å². The molecule has 0 bridgehead atoms. The van der Waals surface area contributed by atoms with Gasteiger partial charge in [0, 0.05) is 25.7 Å². The first-order valence-corrected chi connectivity index (χ1v) is 7.61. The normalized spacial score (nSPS) is 16.6. The van der Waals surface area contributed by atoms with Gasteiger partial charge in [0.1, 0.15) is 5.60 Å². The zero-order valence-corrected chi connectivity index (χ0v) is 13.5. The molecule has 0 amide bonds. The Kier molecular flexibility index (Phi) is 4.88. The van der Waals surface area contributed by atoms with E-state index >= 15 is 0 Å². The van der Waals surface area contributed by atoms with E-state index in [1.54, 1.807) is 0 Å². The van der Waals surface area contributed by atoms with Gasteiger partial charge >= 0.3 is 5.97 Å². The molecule has 0 saturated carbocycles. The molecule has 2 rings (SSSR count). The Hall–Kier alpha value is -1.55. The summed E-state index contributed by atoms with van der Waals surface area (Å²) in [4.78, 5) is 14.4. The van der Waals surface area contributed by atoms with E-state index in [1.165, 1.54) is 0 Å². The van der Waals surface area contributed by atoms with Crippen LogP contribution in [-0.2, 0) is 4.74 Å². The van der Waals surface area contributed by atoms with Crippen LogP contribution in [-0.4, -0.2) is 38.8 Å². The van der Waals surface area contributed by atoms with Crippen molar-refractivity contribution in [3.05, 3.63) is 29.8 Å². The predicted octanol–water partition coefficient (Wildman–Crippen LogP) is 2.69. The van der Waals surface area contributed by atoms with E-state index in [2.05, 4.69) is 5.32 Å². The summed E-state index contributed by atoms with van der Waals surface area (Å²) in [6.07, 6.45) is 2.11. The number of carbonyl (C=O) groups excluding carboxylic acids is 1. The van der Waals surface area contributed by atoms with Gasteiger partial charge in [-0.2, -0.15) is 0 Å². The molecule has 1 heterocycles. The summed E-state index contributed by atoms with van der Waals surface area (Å²) < 4.78 is 5.81. The second-order valence-corrected chi connectivity index (χ2v) is 6.46. The van der Waals surface area contributed by atoms with Crippen LogP contribution in [0, 0.1) is 5.92 Å². The van der Waals surface area contributed by atoms with Crippen molar-refractivity contribution < 1.29 is 9.53 Å². The highest BCUT2D eigenvalue weighted by molar-refractivity contribution is 5.90. The lowest BCUT2D eigenvalue weighted by atomic mass is 9.83. The molecule has 1 N–H and O–H groups in total. The van der Waals surface area contributed by atoms with Crippen LogP contribution in [0.3, 0.4) is 0 Å². The number of rotatable bonds is 4. The third-order valence-corrected chi connectivity index (χ3v) is 4.28. The number of ether oxygens (including phenoxy) is 1. The summed E-state index contributed by atoms with van der Waals surface area (Å²) in [6.45, 7) is 6.05. The maximum atomic E-state index is 12.4. The highest BCUT2D eigenvalue weighted by atomic mass is 16.6. The van der Waals surface area contributed by atoms with Crippen LogP contribution in [0.15, 0.2) is 24.3 Å². The van der Waals surface area contributed by atoms with Gasteiger partial charge in [-0.15, -0.1) is 0 Å². The Labute approximate surface area is 127 Å². The molecule has 21 heavy (non-hydrogen) atoms. The molecule has 1 aromatic carbocycles. The quantitative estimate of drug-likeness (QED) is 0.866. The lowest BCUT2D eigenvalue weighted by Crippen LogP contribution is -2.42. The molecule has 0 spiro atoms. The smallest absolute Gasteiger partial charge is 0.338 e. The highest BCUT2D eigenvalue weighted by Crippen LogP contribution is 2.30. The van der Waals surface area contributed by atoms with E-state index in [-0.39, 0.29) is 5.97 Å². The van der Waals surface area contributed by atoms with Crippen molar-refractivity contribution in [1.82, 2.24) is 5.32 Å². The van der Waals surface area contributed by atoms with E-state index in [4.69, 9.17) is 4.74 Å². The number of hydrogen-bond acceptors (Lipinski definition) is 4. The number of esters is 1. The summed E-state index contributed by atoms with van der Waals surface area (Å²) in [5, 5.41) is 3.35. The molecule has 0 aliphatic carbocycles. The van der Waals surface area contributed by atoms with Gasteiger partial charge in [0.2, 0.25) is 0 Å². The molecule has 0 radical (unpaired) electrons. The number of nitrogens with zero attached hydrogens (tertiary/aromatic N) is 1. The topological polar surface area (TPSA) is 41.6 Å². The van der Waals surface area contributed by atoms with Crippen LogP contribution in [0.1, 0.15) is 37.0 Å². The Morgan fingerprint density at radius 2 is 1.95 bits per heavy atom. The third-order valence-electron chi connectivity index (χ3n) is 4.28. The van der Waals surface area contributed by atoms with Gasteiger partial charge in [-0.25, -0.2) is 4.79 Å². The number of benzene rings is 1. The first kappa shape index (κ1) is 15.8. The third kappa shape index (κ3) is 3.97. The second-order valence-electron chi connectivity index (χ2n) is 6.46. The monoisotopic (exact) mass is 290 g/mol. The predicted molar refractivity (Wildman–Crippen MR) is 85.9 cm³/mol. The Balaban J connectivity index is 2.07. The van der Waals surface area contributed by atoms with Crippen molar-refractivity contribution in [3.8, 4) is 0 Å². The number of carbonyl (C=O) groups is 1. The molecule has 1 fully saturated rings. The Morgan fingerprint density at radius 3 is 2.57 bits per heavy atom. The number of piperidine rings is 1. The van der Waals surface area contributed by atoms with Crippen LogP contribution in [0.25, 0.3) is 0 Å². The Morgan fingerprint density at radius 1 is 1.29 bits per heavy atom. The molecule has 0 aromatic heterocycles. The van der Waals surface area contributed by atoms with E-state index in [0.29, 0.717) is 11.5 Å². The largest absolute Gasteiger partial charge is 0.456 e. The fourth-order valence-electron chi connectivity index (χ4n) is 2.81. The minimum absolute atomic E-state index is 0.234. The molecule has 0 atom stereocenters. The average molecular weight is 290 g/mol. The SMILES string of the molecule is CN(C)c1cccc(C(=O)OC(C)(C)C2CCNCC2)c1. The van der Waals surface area contributed by atoms with Gasteiger partial charge in [0.25, 0.3) is 0 Å². The molecular formula is C17H26N2O2. The van der Waals surface area contributed by atoms with Crippen LogP contribution >= 0.6 is 0 Å². The molecule has 1 aliphatic rings. The maximum Gasteiger partial charge on any atom is 0.338 e. The van der Waals surface area contributed by atoms with E-state index < -0.39 is 5.60 Å². The van der Waals surface area contributed by atoms with Crippen LogP contribution in [0.5, 0.6) is 0 Å². The van der Waals surface area contributed by atoms with Crippen molar-refractivity contribution in [1.29, 1.82) is 0 Å². The number of hydrogen-bond donors (Lipinski definition) is 1. The molecule has 1 saturated heterocycles. The lowest BCUT2D eigenvalue weighted by molar-refractivity contribution is -0.0368.